The van der Waals surface area contributed by atoms with Crippen molar-refractivity contribution >= 4 is 17.7 Å². The molecule has 0 saturated carbocycles. The Labute approximate surface area is 172 Å². The third kappa shape index (κ3) is 4.13. The molecule has 1 saturated heterocycles. The number of thioether (sulfide) groups is 1. The van der Waals surface area contributed by atoms with E-state index < -0.39 is 0 Å². The summed E-state index contributed by atoms with van der Waals surface area (Å²) in [6.45, 7) is 5.45. The lowest BCUT2D eigenvalue weighted by Crippen LogP contribution is -2.35. The van der Waals surface area contributed by atoms with Crippen LogP contribution in [0.4, 0.5) is 0 Å². The highest BCUT2D eigenvalue weighted by Gasteiger charge is 2.33. The molecule has 1 heterocycles. The van der Waals surface area contributed by atoms with Crippen LogP contribution in [0.2, 0.25) is 0 Å². The first-order valence-corrected chi connectivity index (χ1v) is 11.3. The second kappa shape index (κ2) is 8.30. The van der Waals surface area contributed by atoms with Gasteiger partial charge in [-0.2, -0.15) is 0 Å². The Morgan fingerprint density at radius 2 is 1.93 bits per heavy atom. The number of carbonyl (C=O) groups excluding carboxylic acids is 1. The zero-order valence-corrected chi connectivity index (χ0v) is 17.6. The molecule has 0 radical (unpaired) electrons. The van der Waals surface area contributed by atoms with Gasteiger partial charge in [-0.15, -0.1) is 11.8 Å². The van der Waals surface area contributed by atoms with Gasteiger partial charge >= 0.3 is 0 Å². The molecule has 0 spiro atoms. The summed E-state index contributed by atoms with van der Waals surface area (Å²) in [6, 6.07) is 16.6. The minimum Gasteiger partial charge on any atom is -0.377 e. The van der Waals surface area contributed by atoms with Crippen LogP contribution >= 0.6 is 11.8 Å². The summed E-state index contributed by atoms with van der Waals surface area (Å²) < 4.78 is 5.73. The molecule has 3 nitrogen and oxygen atoms in total. The second-order valence-corrected chi connectivity index (χ2v) is 9.54. The summed E-state index contributed by atoms with van der Waals surface area (Å²) in [5.74, 6) is 0.931. The average molecular weight is 396 g/mol. The van der Waals surface area contributed by atoms with Gasteiger partial charge in [-0.25, -0.2) is 0 Å². The fraction of sp³-hybridized carbons (Fsp3) is 0.458. The van der Waals surface area contributed by atoms with Crippen molar-refractivity contribution in [1.82, 2.24) is 5.32 Å². The average Bonchev–Trinajstić information content (AvgIpc) is 3.23. The van der Waals surface area contributed by atoms with Crippen LogP contribution in [0.3, 0.4) is 0 Å². The van der Waals surface area contributed by atoms with Crippen LogP contribution in [0.1, 0.15) is 67.1 Å². The zero-order chi connectivity index (χ0) is 19.6. The van der Waals surface area contributed by atoms with E-state index in [0.29, 0.717) is 6.10 Å². The second-order valence-electron chi connectivity index (χ2n) is 8.48. The van der Waals surface area contributed by atoms with Crippen LogP contribution in [0.15, 0.2) is 53.4 Å². The monoisotopic (exact) mass is 395 g/mol. The lowest BCUT2D eigenvalue weighted by Gasteiger charge is -2.37. The maximum absolute atomic E-state index is 13.1. The minimum atomic E-state index is 0.0231. The Morgan fingerprint density at radius 3 is 2.75 bits per heavy atom. The van der Waals surface area contributed by atoms with Gasteiger partial charge in [0.1, 0.15) is 0 Å². The normalized spacial score (nSPS) is 23.2. The molecule has 148 valence electrons. The maximum Gasteiger partial charge on any atom is 0.252 e. The molecule has 1 N–H and O–H groups in total. The molecule has 2 atom stereocenters. The van der Waals surface area contributed by atoms with Gasteiger partial charge in [0.05, 0.1) is 17.7 Å². The number of carbonyl (C=O) groups is 1. The first-order valence-electron chi connectivity index (χ1n) is 10.3. The Morgan fingerprint density at radius 1 is 1.14 bits per heavy atom. The molecule has 2 unspecified atom stereocenters. The number of amides is 1. The summed E-state index contributed by atoms with van der Waals surface area (Å²) >= 11 is 1.73. The maximum atomic E-state index is 13.1. The van der Waals surface area contributed by atoms with E-state index in [1.54, 1.807) is 11.8 Å². The van der Waals surface area contributed by atoms with E-state index in [1.165, 1.54) is 11.1 Å². The van der Waals surface area contributed by atoms with Crippen LogP contribution < -0.4 is 5.32 Å². The van der Waals surface area contributed by atoms with Crippen LogP contribution in [0.5, 0.6) is 0 Å². The van der Waals surface area contributed by atoms with Gasteiger partial charge in [-0.3, -0.25) is 4.79 Å². The third-order valence-electron chi connectivity index (χ3n) is 6.01. The molecule has 2 aromatic carbocycles. The lowest BCUT2D eigenvalue weighted by molar-refractivity contribution is 0.0926. The van der Waals surface area contributed by atoms with Crippen LogP contribution in [0, 0.1) is 0 Å². The van der Waals surface area contributed by atoms with Gasteiger partial charge in [-0.1, -0.05) is 50.2 Å². The summed E-state index contributed by atoms with van der Waals surface area (Å²) in [5.41, 5.74) is 3.55. The predicted molar refractivity (Wildman–Crippen MR) is 115 cm³/mol. The lowest BCUT2D eigenvalue weighted by atomic mass is 9.71. The Hall–Kier alpha value is -1.78. The van der Waals surface area contributed by atoms with E-state index in [2.05, 4.69) is 43.4 Å². The molecule has 1 aliphatic carbocycles. The van der Waals surface area contributed by atoms with Gasteiger partial charge in [-0.05, 0) is 54.4 Å². The van der Waals surface area contributed by atoms with Gasteiger partial charge in [0.25, 0.3) is 5.91 Å². The number of rotatable bonds is 5. The quantitative estimate of drug-likeness (QED) is 0.679. The van der Waals surface area contributed by atoms with Gasteiger partial charge in [0.15, 0.2) is 0 Å². The largest absolute Gasteiger partial charge is 0.377 e. The highest BCUT2D eigenvalue weighted by molar-refractivity contribution is 7.99. The zero-order valence-electron chi connectivity index (χ0n) is 16.7. The number of benzene rings is 2. The molecule has 4 rings (SSSR count). The van der Waals surface area contributed by atoms with Crippen molar-refractivity contribution in [2.45, 2.75) is 62.0 Å². The topological polar surface area (TPSA) is 38.3 Å². The van der Waals surface area contributed by atoms with Crippen LogP contribution in [-0.4, -0.2) is 24.4 Å². The van der Waals surface area contributed by atoms with Crippen molar-refractivity contribution < 1.29 is 9.53 Å². The molecule has 0 aromatic heterocycles. The number of hydrogen-bond donors (Lipinski definition) is 1. The van der Waals surface area contributed by atoms with Crippen molar-refractivity contribution in [2.75, 3.05) is 12.4 Å². The standard InChI is InChI=1S/C24H29NO2S/c1-24(2)14-13-21(18-9-3-5-11-20(18)24)25-23(26)19-10-4-6-12-22(19)28-16-17-8-7-15-27-17/h3-6,9-12,17,21H,7-8,13-16H2,1-2H3,(H,25,26). The van der Waals surface area contributed by atoms with Crippen LogP contribution in [-0.2, 0) is 10.2 Å². The van der Waals surface area contributed by atoms with Crippen LogP contribution in [0.25, 0.3) is 0 Å². The summed E-state index contributed by atoms with van der Waals surface area (Å²) in [4.78, 5) is 14.2. The molecular formula is C24H29NO2S. The van der Waals surface area contributed by atoms with Crippen molar-refractivity contribution in [2.24, 2.45) is 0 Å². The smallest absolute Gasteiger partial charge is 0.252 e. The Bertz CT molecular complexity index is 842. The van der Waals surface area contributed by atoms with Gasteiger partial charge < -0.3 is 10.1 Å². The molecule has 1 amide bonds. The molecule has 28 heavy (non-hydrogen) atoms. The van der Waals surface area contributed by atoms with Crippen molar-refractivity contribution in [1.29, 1.82) is 0 Å². The Balaban J connectivity index is 1.50. The van der Waals surface area contributed by atoms with Gasteiger partial charge in [0.2, 0.25) is 0 Å². The van der Waals surface area contributed by atoms with E-state index >= 15 is 0 Å². The first-order chi connectivity index (χ1) is 13.5. The summed E-state index contributed by atoms with van der Waals surface area (Å²) in [6.07, 6.45) is 4.63. The molecular weight excluding hydrogens is 366 g/mol. The van der Waals surface area contributed by atoms with E-state index in [-0.39, 0.29) is 17.4 Å². The third-order valence-corrected chi connectivity index (χ3v) is 7.21. The fourth-order valence-corrected chi connectivity index (χ4v) is 5.46. The summed E-state index contributed by atoms with van der Waals surface area (Å²) in [7, 11) is 0. The minimum absolute atomic E-state index is 0.0231. The highest BCUT2D eigenvalue weighted by atomic mass is 32.2. The van der Waals surface area contributed by atoms with Crippen molar-refractivity contribution in [3.8, 4) is 0 Å². The first kappa shape index (κ1) is 19.5. The predicted octanol–water partition coefficient (Wildman–Crippen LogP) is 5.50. The number of hydrogen-bond acceptors (Lipinski definition) is 3. The molecule has 2 aromatic rings. The molecule has 0 bridgehead atoms. The van der Waals surface area contributed by atoms with E-state index in [0.717, 1.165) is 48.5 Å². The number of nitrogens with one attached hydrogen (secondary N) is 1. The van der Waals surface area contributed by atoms with Gasteiger partial charge in [0, 0.05) is 17.3 Å². The number of ether oxygens (including phenoxy) is 1. The highest BCUT2D eigenvalue weighted by Crippen LogP contribution is 2.41. The molecule has 2 aliphatic rings. The molecule has 1 aliphatic heterocycles. The van der Waals surface area contributed by atoms with Crippen molar-refractivity contribution in [3.05, 3.63) is 65.2 Å². The number of fused-ring (bicyclic) bond motifs is 1. The summed E-state index contributed by atoms with van der Waals surface area (Å²) in [5, 5.41) is 3.31. The van der Waals surface area contributed by atoms with E-state index in [9.17, 15) is 4.79 Å². The van der Waals surface area contributed by atoms with E-state index in [4.69, 9.17) is 4.74 Å². The molecule has 4 heteroatoms. The SMILES string of the molecule is CC1(C)CCC(NC(=O)c2ccccc2SCC2CCCO2)c2ccccc21. The Kier molecular flexibility index (Phi) is 5.79. The molecule has 1 fully saturated rings. The van der Waals surface area contributed by atoms with E-state index in [1.807, 2.05) is 24.3 Å². The van der Waals surface area contributed by atoms with Crippen molar-refractivity contribution in [3.63, 3.8) is 0 Å². The fourth-order valence-electron chi connectivity index (χ4n) is 4.34.